The Bertz CT molecular complexity index is 350. The van der Waals surface area contributed by atoms with Gasteiger partial charge in [-0.15, -0.1) is 0 Å². The fourth-order valence-corrected chi connectivity index (χ4v) is 4.37. The van der Waals surface area contributed by atoms with Gasteiger partial charge in [-0.25, -0.2) is 0 Å². The lowest BCUT2D eigenvalue weighted by atomic mass is 9.87. The van der Waals surface area contributed by atoms with Crippen LogP contribution in [0.3, 0.4) is 0 Å². The standard InChI is InChI=1S/C9H15F3O2.C8H20Si.4CH4/c1-5-8(4,9(10,11)12)7(13)14-6(2)3;1-6-8(2)7-9(3,4)5;;;;/h6H,5H2,1-4H3;8H,6-7H2,1-5H3;4*1H4. The van der Waals surface area contributed by atoms with Gasteiger partial charge in [-0.3, -0.25) is 4.79 Å². The van der Waals surface area contributed by atoms with Gasteiger partial charge in [-0.1, -0.05) is 82.6 Å². The van der Waals surface area contributed by atoms with Gasteiger partial charge in [0.15, 0.2) is 5.41 Å². The van der Waals surface area contributed by atoms with Crippen LogP contribution in [-0.4, -0.2) is 26.3 Å². The topological polar surface area (TPSA) is 26.3 Å². The first-order valence-electron chi connectivity index (χ1n) is 8.38. The number of hydrogen-bond acceptors (Lipinski definition) is 2. The summed E-state index contributed by atoms with van der Waals surface area (Å²) in [5, 5.41) is 0. The number of carbonyl (C=O) groups excluding carboxylic acids is 1. The van der Waals surface area contributed by atoms with Gasteiger partial charge in [0.2, 0.25) is 0 Å². The summed E-state index contributed by atoms with van der Waals surface area (Å²) >= 11 is 0. The van der Waals surface area contributed by atoms with Crippen LogP contribution in [0.15, 0.2) is 0 Å². The van der Waals surface area contributed by atoms with E-state index in [0.29, 0.717) is 0 Å². The fraction of sp³-hybridized carbons (Fsp3) is 0.952. The Kier molecular flexibility index (Phi) is 24.9. The van der Waals surface area contributed by atoms with Gasteiger partial charge in [0.25, 0.3) is 0 Å². The van der Waals surface area contributed by atoms with Gasteiger partial charge >= 0.3 is 12.1 Å². The molecule has 0 rings (SSSR count). The molecule has 0 aliphatic carbocycles. The summed E-state index contributed by atoms with van der Waals surface area (Å²) in [6.45, 7) is 17.2. The van der Waals surface area contributed by atoms with Crippen molar-refractivity contribution < 1.29 is 22.7 Å². The van der Waals surface area contributed by atoms with Crippen LogP contribution < -0.4 is 0 Å². The molecule has 0 aromatic carbocycles. The Morgan fingerprint density at radius 1 is 0.963 bits per heavy atom. The molecule has 0 aromatic heterocycles. The summed E-state index contributed by atoms with van der Waals surface area (Å²) in [5.74, 6) is -0.251. The number of rotatable bonds is 6. The molecule has 0 aliphatic rings. The van der Waals surface area contributed by atoms with Crippen molar-refractivity contribution in [3.8, 4) is 0 Å². The predicted octanol–water partition coefficient (Wildman–Crippen LogP) is 8.83. The van der Waals surface area contributed by atoms with Crippen LogP contribution in [0.1, 0.15) is 84.1 Å². The minimum atomic E-state index is -4.56. The maximum absolute atomic E-state index is 12.5. The van der Waals surface area contributed by atoms with Gasteiger partial charge in [-0.05, 0) is 33.1 Å². The minimum Gasteiger partial charge on any atom is -0.462 e. The lowest BCUT2D eigenvalue weighted by Gasteiger charge is -2.29. The van der Waals surface area contributed by atoms with Crippen molar-refractivity contribution in [2.24, 2.45) is 11.3 Å². The number of ether oxygens (including phenoxy) is 1. The first kappa shape index (κ1) is 41.0. The van der Waals surface area contributed by atoms with Gasteiger partial charge in [0.1, 0.15) is 0 Å². The molecule has 0 amide bonds. The van der Waals surface area contributed by atoms with Crippen LogP contribution in [0.2, 0.25) is 25.7 Å². The second-order valence-corrected chi connectivity index (χ2v) is 13.4. The molecule has 0 radical (unpaired) electrons. The van der Waals surface area contributed by atoms with Crippen molar-refractivity contribution in [2.75, 3.05) is 0 Å². The SMILES string of the molecule is C.C.C.C.CCC(C)(C(=O)OC(C)C)C(F)(F)F.CCC(C)C[Si](C)(C)C. The molecule has 0 aliphatic heterocycles. The smallest absolute Gasteiger partial charge is 0.404 e. The molecule has 0 heterocycles. The van der Waals surface area contributed by atoms with E-state index in [0.717, 1.165) is 12.8 Å². The summed E-state index contributed by atoms with van der Waals surface area (Å²) in [7, 11) is -0.741. The molecule has 0 fully saturated rings. The van der Waals surface area contributed by atoms with Crippen molar-refractivity contribution in [3.63, 3.8) is 0 Å². The van der Waals surface area contributed by atoms with Crippen molar-refractivity contribution in [1.82, 2.24) is 0 Å². The molecule has 2 nitrogen and oxygen atoms in total. The van der Waals surface area contributed by atoms with Gasteiger partial charge in [0.05, 0.1) is 6.10 Å². The first-order valence-corrected chi connectivity index (χ1v) is 12.1. The third-order valence-corrected chi connectivity index (χ3v) is 5.71. The summed E-state index contributed by atoms with van der Waals surface area (Å²) in [6.07, 6.45) is -4.06. The Labute approximate surface area is 170 Å². The van der Waals surface area contributed by atoms with E-state index in [1.807, 2.05) is 0 Å². The highest BCUT2D eigenvalue weighted by Gasteiger charge is 2.56. The average Bonchev–Trinajstić information content (AvgIpc) is 2.34. The maximum Gasteiger partial charge on any atom is 0.404 e. The summed E-state index contributed by atoms with van der Waals surface area (Å²) in [4.78, 5) is 11.2. The molecule has 27 heavy (non-hydrogen) atoms. The Morgan fingerprint density at radius 2 is 1.33 bits per heavy atom. The number of carbonyl (C=O) groups is 1. The molecule has 0 saturated heterocycles. The van der Waals surface area contributed by atoms with E-state index in [1.165, 1.54) is 33.2 Å². The van der Waals surface area contributed by atoms with Crippen LogP contribution in [0.4, 0.5) is 13.2 Å². The second-order valence-electron chi connectivity index (χ2n) is 7.92. The van der Waals surface area contributed by atoms with E-state index >= 15 is 0 Å². The van der Waals surface area contributed by atoms with E-state index in [4.69, 9.17) is 0 Å². The molecule has 2 atom stereocenters. The quantitative estimate of drug-likeness (QED) is 0.317. The Hall–Kier alpha value is -0.523. The van der Waals surface area contributed by atoms with E-state index in [9.17, 15) is 18.0 Å². The first-order chi connectivity index (χ1) is 10.1. The highest BCUT2D eigenvalue weighted by molar-refractivity contribution is 6.76. The normalized spacial score (nSPS) is 13.8. The van der Waals surface area contributed by atoms with E-state index in [1.54, 1.807) is 0 Å². The molecule has 0 saturated carbocycles. The fourth-order valence-electron chi connectivity index (χ4n) is 1.99. The Balaban J connectivity index is -0.0000000758. The third kappa shape index (κ3) is 17.3. The molecule has 0 bridgehead atoms. The molecule has 0 aromatic rings. The van der Waals surface area contributed by atoms with Crippen LogP contribution in [-0.2, 0) is 9.53 Å². The Morgan fingerprint density at radius 3 is 1.48 bits per heavy atom. The average molecular weight is 421 g/mol. The summed E-state index contributed by atoms with van der Waals surface area (Å²) in [6, 6.07) is 1.49. The van der Waals surface area contributed by atoms with Crippen molar-refractivity contribution >= 4 is 14.0 Å². The van der Waals surface area contributed by atoms with Gasteiger partial charge in [-0.2, -0.15) is 13.2 Å². The predicted molar refractivity (Wildman–Crippen MR) is 120 cm³/mol. The molecular weight excluding hydrogens is 369 g/mol. The zero-order chi connectivity index (χ0) is 19.1. The van der Waals surface area contributed by atoms with Crippen LogP contribution in [0.5, 0.6) is 0 Å². The minimum absolute atomic E-state index is 0. The molecule has 2 unspecified atom stereocenters. The second kappa shape index (κ2) is 16.4. The van der Waals surface area contributed by atoms with E-state index < -0.39 is 31.7 Å². The van der Waals surface area contributed by atoms with Crippen molar-refractivity contribution in [2.45, 2.75) is 122 Å². The number of alkyl halides is 3. The van der Waals surface area contributed by atoms with E-state index in [-0.39, 0.29) is 36.1 Å². The highest BCUT2D eigenvalue weighted by Crippen LogP contribution is 2.41. The summed E-state index contributed by atoms with van der Waals surface area (Å²) < 4.78 is 42.1. The number of esters is 1. The maximum atomic E-state index is 12.5. The largest absolute Gasteiger partial charge is 0.462 e. The molecule has 172 valence electrons. The van der Waals surface area contributed by atoms with Crippen LogP contribution >= 0.6 is 0 Å². The van der Waals surface area contributed by atoms with Crippen molar-refractivity contribution in [1.29, 1.82) is 0 Å². The molecular formula is C21H51F3O2Si. The lowest BCUT2D eigenvalue weighted by Crippen LogP contribution is -2.43. The summed E-state index contributed by atoms with van der Waals surface area (Å²) in [5.41, 5.74) is -2.39. The molecule has 6 heteroatoms. The van der Waals surface area contributed by atoms with Crippen LogP contribution in [0.25, 0.3) is 0 Å². The number of hydrogen-bond donors (Lipinski definition) is 0. The zero-order valence-electron chi connectivity index (χ0n) is 16.2. The highest BCUT2D eigenvalue weighted by atomic mass is 28.3. The van der Waals surface area contributed by atoms with Gasteiger partial charge in [0, 0.05) is 8.07 Å². The zero-order valence-corrected chi connectivity index (χ0v) is 17.2. The number of halogens is 3. The lowest BCUT2D eigenvalue weighted by molar-refractivity contribution is -0.232. The van der Waals surface area contributed by atoms with Crippen molar-refractivity contribution in [3.05, 3.63) is 0 Å². The van der Waals surface area contributed by atoms with Gasteiger partial charge < -0.3 is 4.74 Å². The van der Waals surface area contributed by atoms with E-state index in [2.05, 4.69) is 38.2 Å². The van der Waals surface area contributed by atoms with Crippen LogP contribution in [0, 0.1) is 11.3 Å². The third-order valence-electron chi connectivity index (χ3n) is 3.78. The monoisotopic (exact) mass is 420 g/mol. The molecule has 0 N–H and O–H groups in total. The molecule has 0 spiro atoms.